The van der Waals surface area contributed by atoms with Crippen molar-refractivity contribution >= 4 is 17.5 Å². The smallest absolute Gasteiger partial charge is 0.262 e. The van der Waals surface area contributed by atoms with Crippen molar-refractivity contribution < 1.29 is 23.5 Å². The fraction of sp³-hybridized carbons (Fsp3) is 0.364. The number of methoxy groups -OCH3 is 1. The molecule has 154 valence electrons. The lowest BCUT2D eigenvalue weighted by molar-refractivity contribution is -0.118. The minimum Gasteiger partial charge on any atom is -0.493 e. The Morgan fingerprint density at radius 2 is 1.86 bits per heavy atom. The van der Waals surface area contributed by atoms with Gasteiger partial charge in [-0.15, -0.1) is 0 Å². The van der Waals surface area contributed by atoms with Gasteiger partial charge in [-0.3, -0.25) is 9.59 Å². The van der Waals surface area contributed by atoms with Gasteiger partial charge >= 0.3 is 0 Å². The molecule has 2 amide bonds. The highest BCUT2D eigenvalue weighted by molar-refractivity contribution is 5.95. The molecule has 0 bridgehead atoms. The SMILES string of the molecule is COc1cc(C(=O)N(C)C(C)C2CC2)ccc1OCC(=O)Nc1ccc(F)cc1. The fourth-order valence-electron chi connectivity index (χ4n) is 3.08. The molecule has 29 heavy (non-hydrogen) atoms. The molecule has 0 aliphatic heterocycles. The first-order valence-electron chi connectivity index (χ1n) is 9.52. The predicted molar refractivity (Wildman–Crippen MR) is 108 cm³/mol. The van der Waals surface area contributed by atoms with Gasteiger partial charge in [-0.25, -0.2) is 4.39 Å². The van der Waals surface area contributed by atoms with Crippen molar-refractivity contribution in [2.24, 2.45) is 5.92 Å². The van der Waals surface area contributed by atoms with Gasteiger partial charge in [0.05, 0.1) is 7.11 Å². The highest BCUT2D eigenvalue weighted by Crippen LogP contribution is 2.35. The molecule has 1 aliphatic carbocycles. The Kier molecular flexibility index (Phi) is 6.36. The molecule has 1 saturated carbocycles. The van der Waals surface area contributed by atoms with E-state index < -0.39 is 5.91 Å². The maximum absolute atomic E-state index is 12.9. The fourth-order valence-corrected chi connectivity index (χ4v) is 3.08. The van der Waals surface area contributed by atoms with Crippen molar-refractivity contribution in [1.82, 2.24) is 4.90 Å². The Balaban J connectivity index is 1.61. The van der Waals surface area contributed by atoms with Crippen LogP contribution in [0.5, 0.6) is 11.5 Å². The molecule has 1 fully saturated rings. The number of ether oxygens (including phenoxy) is 2. The summed E-state index contributed by atoms with van der Waals surface area (Å²) in [6.07, 6.45) is 2.32. The quantitative estimate of drug-likeness (QED) is 0.733. The first kappa shape index (κ1) is 20.6. The summed E-state index contributed by atoms with van der Waals surface area (Å²) < 4.78 is 23.8. The van der Waals surface area contributed by atoms with E-state index in [4.69, 9.17) is 9.47 Å². The Labute approximate surface area is 169 Å². The number of rotatable bonds is 8. The molecular weight excluding hydrogens is 375 g/mol. The normalized spacial score (nSPS) is 14.1. The van der Waals surface area contributed by atoms with Crippen molar-refractivity contribution in [3.05, 3.63) is 53.8 Å². The van der Waals surface area contributed by atoms with E-state index in [1.807, 2.05) is 7.05 Å². The van der Waals surface area contributed by atoms with Gasteiger partial charge in [-0.2, -0.15) is 0 Å². The second-order valence-corrected chi connectivity index (χ2v) is 7.20. The van der Waals surface area contributed by atoms with Crippen molar-refractivity contribution in [3.63, 3.8) is 0 Å². The molecule has 2 aromatic carbocycles. The lowest BCUT2D eigenvalue weighted by atomic mass is 10.1. The van der Waals surface area contributed by atoms with Crippen LogP contribution in [0.4, 0.5) is 10.1 Å². The minimum atomic E-state index is -0.392. The van der Waals surface area contributed by atoms with E-state index in [1.165, 1.54) is 31.4 Å². The van der Waals surface area contributed by atoms with Crippen LogP contribution < -0.4 is 14.8 Å². The van der Waals surface area contributed by atoms with Gasteiger partial charge in [0.1, 0.15) is 5.82 Å². The summed E-state index contributed by atoms with van der Waals surface area (Å²) in [5.74, 6) is 0.457. The summed E-state index contributed by atoms with van der Waals surface area (Å²) in [7, 11) is 3.29. The number of hydrogen-bond acceptors (Lipinski definition) is 4. The van der Waals surface area contributed by atoms with E-state index in [0.29, 0.717) is 28.7 Å². The Morgan fingerprint density at radius 3 is 2.48 bits per heavy atom. The van der Waals surface area contributed by atoms with Gasteiger partial charge < -0.3 is 19.7 Å². The van der Waals surface area contributed by atoms with Crippen LogP contribution in [0.2, 0.25) is 0 Å². The molecule has 0 spiro atoms. The highest BCUT2D eigenvalue weighted by Gasteiger charge is 2.32. The maximum Gasteiger partial charge on any atom is 0.262 e. The summed E-state index contributed by atoms with van der Waals surface area (Å²) in [4.78, 5) is 26.5. The van der Waals surface area contributed by atoms with Crippen LogP contribution in [0.3, 0.4) is 0 Å². The number of halogens is 1. The van der Waals surface area contributed by atoms with Crippen LogP contribution in [0.15, 0.2) is 42.5 Å². The van der Waals surface area contributed by atoms with Crippen molar-refractivity contribution in [2.45, 2.75) is 25.8 Å². The lowest BCUT2D eigenvalue weighted by Gasteiger charge is -2.25. The van der Waals surface area contributed by atoms with E-state index >= 15 is 0 Å². The minimum absolute atomic E-state index is 0.0803. The number of amides is 2. The zero-order valence-electron chi connectivity index (χ0n) is 16.8. The average molecular weight is 400 g/mol. The Morgan fingerprint density at radius 1 is 1.17 bits per heavy atom. The van der Waals surface area contributed by atoms with E-state index in [9.17, 15) is 14.0 Å². The molecular formula is C22H25FN2O4. The topological polar surface area (TPSA) is 67.9 Å². The third-order valence-electron chi connectivity index (χ3n) is 5.13. The van der Waals surface area contributed by atoms with Crippen LogP contribution in [0, 0.1) is 11.7 Å². The molecule has 1 N–H and O–H groups in total. The van der Waals surface area contributed by atoms with Crippen LogP contribution in [-0.4, -0.2) is 43.5 Å². The van der Waals surface area contributed by atoms with Gasteiger partial charge in [0.15, 0.2) is 18.1 Å². The number of hydrogen-bond donors (Lipinski definition) is 1. The third-order valence-corrected chi connectivity index (χ3v) is 5.13. The van der Waals surface area contributed by atoms with Crippen molar-refractivity contribution in [3.8, 4) is 11.5 Å². The summed E-state index contributed by atoms with van der Waals surface area (Å²) in [5.41, 5.74) is 0.973. The van der Waals surface area contributed by atoms with E-state index in [-0.39, 0.29) is 24.4 Å². The largest absolute Gasteiger partial charge is 0.493 e. The maximum atomic E-state index is 12.9. The standard InChI is InChI=1S/C22H25FN2O4/c1-14(15-4-5-15)25(2)22(27)16-6-11-19(20(12-16)28-3)29-13-21(26)24-18-9-7-17(23)8-10-18/h6-12,14-15H,4-5,13H2,1-3H3,(H,24,26). The summed E-state index contributed by atoms with van der Waals surface area (Å²) in [6, 6.07) is 10.5. The highest BCUT2D eigenvalue weighted by atomic mass is 19.1. The monoisotopic (exact) mass is 400 g/mol. The van der Waals surface area contributed by atoms with Gasteiger partial charge in [-0.1, -0.05) is 0 Å². The van der Waals surface area contributed by atoms with Crippen LogP contribution >= 0.6 is 0 Å². The molecule has 0 radical (unpaired) electrons. The zero-order chi connectivity index (χ0) is 21.0. The number of nitrogens with zero attached hydrogens (tertiary/aromatic N) is 1. The molecule has 0 aromatic heterocycles. The second-order valence-electron chi connectivity index (χ2n) is 7.20. The van der Waals surface area contributed by atoms with E-state index in [2.05, 4.69) is 12.2 Å². The number of carbonyl (C=O) groups is 2. The van der Waals surface area contributed by atoms with Gasteiger partial charge in [0, 0.05) is 24.3 Å². The van der Waals surface area contributed by atoms with Gasteiger partial charge in [0.25, 0.3) is 11.8 Å². The molecule has 0 heterocycles. The first-order chi connectivity index (χ1) is 13.9. The third kappa shape index (κ3) is 5.25. The summed E-state index contributed by atoms with van der Waals surface area (Å²) in [5, 5.41) is 2.62. The van der Waals surface area contributed by atoms with Crippen LogP contribution in [0.25, 0.3) is 0 Å². The lowest BCUT2D eigenvalue weighted by Crippen LogP contribution is -2.36. The Bertz CT molecular complexity index is 881. The van der Waals surface area contributed by atoms with Crippen LogP contribution in [0.1, 0.15) is 30.1 Å². The second kappa shape index (κ2) is 8.94. The molecule has 7 heteroatoms. The zero-order valence-corrected chi connectivity index (χ0v) is 16.8. The average Bonchev–Trinajstić information content (AvgIpc) is 3.57. The molecule has 6 nitrogen and oxygen atoms in total. The van der Waals surface area contributed by atoms with E-state index in [0.717, 1.165) is 12.8 Å². The number of anilines is 1. The van der Waals surface area contributed by atoms with Crippen LogP contribution in [-0.2, 0) is 4.79 Å². The molecule has 1 aliphatic rings. The van der Waals surface area contributed by atoms with E-state index in [1.54, 1.807) is 23.1 Å². The number of nitrogens with one attached hydrogen (secondary N) is 1. The number of carbonyl (C=O) groups excluding carboxylic acids is 2. The number of benzene rings is 2. The molecule has 1 atom stereocenters. The summed E-state index contributed by atoms with van der Waals surface area (Å²) in [6.45, 7) is 1.81. The summed E-state index contributed by atoms with van der Waals surface area (Å²) >= 11 is 0. The van der Waals surface area contributed by atoms with Gasteiger partial charge in [-0.05, 0) is 68.1 Å². The molecule has 0 saturated heterocycles. The predicted octanol–water partition coefficient (Wildman–Crippen LogP) is 3.72. The molecule has 3 rings (SSSR count). The molecule has 2 aromatic rings. The van der Waals surface area contributed by atoms with Crippen molar-refractivity contribution in [1.29, 1.82) is 0 Å². The first-order valence-corrected chi connectivity index (χ1v) is 9.52. The van der Waals surface area contributed by atoms with Crippen molar-refractivity contribution in [2.75, 3.05) is 26.1 Å². The Hall–Kier alpha value is -3.09. The van der Waals surface area contributed by atoms with Gasteiger partial charge in [0.2, 0.25) is 0 Å². The molecule has 1 unspecified atom stereocenters.